The highest BCUT2D eigenvalue weighted by Crippen LogP contribution is 2.21. The van der Waals surface area contributed by atoms with E-state index < -0.39 is 23.0 Å². The molecule has 0 saturated heterocycles. The van der Waals surface area contributed by atoms with Gasteiger partial charge < -0.3 is 4.42 Å². The van der Waals surface area contributed by atoms with Gasteiger partial charge in [-0.2, -0.15) is 0 Å². The molecule has 124 valence electrons. The Morgan fingerprint density at radius 3 is 2.36 bits per heavy atom. The minimum Gasteiger partial charge on any atom is -0.372 e. The van der Waals surface area contributed by atoms with Crippen LogP contribution in [-0.4, -0.2) is 4.57 Å². The summed E-state index contributed by atoms with van der Waals surface area (Å²) in [4.78, 5) is 24.2. The normalized spacial score (nSPS) is 11.3. The summed E-state index contributed by atoms with van der Waals surface area (Å²) in [6.07, 6.45) is 0. The maximum Gasteiger partial charge on any atom is 0.422 e. The molecule has 0 radical (unpaired) electrons. The van der Waals surface area contributed by atoms with Crippen LogP contribution in [0.5, 0.6) is 0 Å². The van der Waals surface area contributed by atoms with Crippen molar-refractivity contribution >= 4 is 21.7 Å². The first-order chi connectivity index (χ1) is 12.0. The monoisotopic (exact) mass is 339 g/mol. The van der Waals surface area contributed by atoms with Crippen molar-refractivity contribution in [2.45, 2.75) is 6.54 Å². The smallest absolute Gasteiger partial charge is 0.372 e. The number of hydrogen-bond acceptors (Lipinski definition) is 3. The van der Waals surface area contributed by atoms with Gasteiger partial charge in [0.2, 0.25) is 0 Å². The second kappa shape index (κ2) is 5.66. The first kappa shape index (κ1) is 15.3. The highest BCUT2D eigenvalue weighted by atomic mass is 19.1. The highest BCUT2D eigenvalue weighted by Gasteiger charge is 2.13. The Hall–Kier alpha value is -3.28. The van der Waals surface area contributed by atoms with Crippen molar-refractivity contribution in [2.75, 3.05) is 0 Å². The standard InChI is InChI=1S/C19H11F2NO3/c20-14-6-5-13(16(21)9-14)10-22-17-8-12-4-2-1-3-11(12)7-15(17)18(23)25-19(22)24/h1-9H,10H2. The van der Waals surface area contributed by atoms with Gasteiger partial charge in [0, 0.05) is 11.6 Å². The topological polar surface area (TPSA) is 52.2 Å². The number of nitrogens with zero attached hydrogens (tertiary/aromatic N) is 1. The van der Waals surface area contributed by atoms with Crippen LogP contribution in [-0.2, 0) is 6.54 Å². The molecule has 4 aromatic rings. The van der Waals surface area contributed by atoms with Gasteiger partial charge in [0.05, 0.1) is 17.4 Å². The lowest BCUT2D eigenvalue weighted by Gasteiger charge is -2.10. The predicted octanol–water partition coefficient (Wildman–Crippen LogP) is 3.43. The predicted molar refractivity (Wildman–Crippen MR) is 89.7 cm³/mol. The van der Waals surface area contributed by atoms with Gasteiger partial charge in [0.15, 0.2) is 0 Å². The minimum atomic E-state index is -0.892. The SMILES string of the molecule is O=c1oc(=O)n(Cc2ccc(F)cc2F)c2cc3ccccc3cc12. The minimum absolute atomic E-state index is 0.117. The Labute approximate surface area is 139 Å². The Balaban J connectivity index is 2.00. The molecule has 0 aliphatic rings. The van der Waals surface area contributed by atoms with E-state index in [0.29, 0.717) is 5.52 Å². The molecular formula is C19H11F2NO3. The van der Waals surface area contributed by atoms with E-state index >= 15 is 0 Å². The van der Waals surface area contributed by atoms with Crippen LogP contribution in [0.2, 0.25) is 0 Å². The van der Waals surface area contributed by atoms with E-state index in [-0.39, 0.29) is 17.5 Å². The molecule has 0 aliphatic carbocycles. The van der Waals surface area contributed by atoms with Gasteiger partial charge >= 0.3 is 11.4 Å². The van der Waals surface area contributed by atoms with Crippen molar-refractivity contribution in [3.05, 3.63) is 92.8 Å². The van der Waals surface area contributed by atoms with Crippen LogP contribution in [0.1, 0.15) is 5.56 Å². The average molecular weight is 339 g/mol. The maximum absolute atomic E-state index is 14.0. The summed E-state index contributed by atoms with van der Waals surface area (Å²) in [5.41, 5.74) is -0.294. The lowest BCUT2D eigenvalue weighted by Crippen LogP contribution is -2.25. The van der Waals surface area contributed by atoms with Gasteiger partial charge in [-0.05, 0) is 29.0 Å². The number of benzene rings is 3. The fraction of sp³-hybridized carbons (Fsp3) is 0.0526. The Morgan fingerprint density at radius 2 is 1.64 bits per heavy atom. The van der Waals surface area contributed by atoms with Crippen molar-refractivity contribution in [3.63, 3.8) is 0 Å². The van der Waals surface area contributed by atoms with Crippen LogP contribution >= 0.6 is 0 Å². The molecule has 0 unspecified atom stereocenters. The fourth-order valence-electron chi connectivity index (χ4n) is 2.87. The molecule has 3 aromatic carbocycles. The molecule has 0 atom stereocenters. The Morgan fingerprint density at radius 1 is 0.920 bits per heavy atom. The molecule has 0 saturated carbocycles. The summed E-state index contributed by atoms with van der Waals surface area (Å²) >= 11 is 0. The summed E-state index contributed by atoms with van der Waals surface area (Å²) in [6.45, 7) is -0.177. The summed E-state index contributed by atoms with van der Waals surface area (Å²) in [7, 11) is 0. The van der Waals surface area contributed by atoms with E-state index in [1.807, 2.05) is 24.3 Å². The van der Waals surface area contributed by atoms with Crippen LogP contribution < -0.4 is 11.4 Å². The summed E-state index contributed by atoms with van der Waals surface area (Å²) < 4.78 is 33.0. The molecule has 6 heteroatoms. The quantitative estimate of drug-likeness (QED) is 0.526. The number of rotatable bonds is 2. The van der Waals surface area contributed by atoms with Crippen molar-refractivity contribution < 1.29 is 13.2 Å². The lowest BCUT2D eigenvalue weighted by molar-refractivity contribution is 0.422. The van der Waals surface area contributed by atoms with Gasteiger partial charge in [-0.15, -0.1) is 0 Å². The molecule has 4 nitrogen and oxygen atoms in total. The highest BCUT2D eigenvalue weighted by molar-refractivity contribution is 5.96. The second-order valence-corrected chi connectivity index (χ2v) is 5.69. The number of hydrogen-bond donors (Lipinski definition) is 0. The van der Waals surface area contributed by atoms with E-state index in [9.17, 15) is 18.4 Å². The van der Waals surface area contributed by atoms with E-state index in [4.69, 9.17) is 4.42 Å². The third-order valence-corrected chi connectivity index (χ3v) is 4.12. The summed E-state index contributed by atoms with van der Waals surface area (Å²) in [6, 6.07) is 13.8. The number of fused-ring (bicyclic) bond motifs is 2. The molecule has 1 heterocycles. The molecule has 1 aromatic heterocycles. The van der Waals surface area contributed by atoms with Gasteiger partial charge in [0.25, 0.3) is 0 Å². The molecule has 0 bridgehead atoms. The van der Waals surface area contributed by atoms with E-state index in [1.54, 1.807) is 12.1 Å². The maximum atomic E-state index is 14.0. The van der Waals surface area contributed by atoms with Crippen LogP contribution in [0, 0.1) is 11.6 Å². The van der Waals surface area contributed by atoms with Gasteiger partial charge in [0.1, 0.15) is 11.6 Å². The molecule has 25 heavy (non-hydrogen) atoms. The zero-order valence-electron chi connectivity index (χ0n) is 12.8. The lowest BCUT2D eigenvalue weighted by atomic mass is 10.1. The number of halogens is 2. The van der Waals surface area contributed by atoms with E-state index in [0.717, 1.165) is 22.9 Å². The van der Waals surface area contributed by atoms with E-state index in [1.165, 1.54) is 10.6 Å². The van der Waals surface area contributed by atoms with Crippen molar-refractivity contribution in [3.8, 4) is 0 Å². The summed E-state index contributed by atoms with van der Waals surface area (Å²) in [5.74, 6) is -2.37. The molecular weight excluding hydrogens is 328 g/mol. The third kappa shape index (κ3) is 2.61. The van der Waals surface area contributed by atoms with E-state index in [2.05, 4.69) is 0 Å². The molecule has 0 aliphatic heterocycles. The van der Waals surface area contributed by atoms with Crippen molar-refractivity contribution in [1.82, 2.24) is 4.57 Å². The van der Waals surface area contributed by atoms with Gasteiger partial charge in [-0.1, -0.05) is 30.3 Å². The summed E-state index contributed by atoms with van der Waals surface area (Å²) in [5, 5.41) is 1.87. The molecule has 4 rings (SSSR count). The second-order valence-electron chi connectivity index (χ2n) is 5.69. The zero-order valence-corrected chi connectivity index (χ0v) is 12.8. The van der Waals surface area contributed by atoms with Crippen molar-refractivity contribution in [2.24, 2.45) is 0 Å². The van der Waals surface area contributed by atoms with Crippen molar-refractivity contribution in [1.29, 1.82) is 0 Å². The van der Waals surface area contributed by atoms with Crippen LogP contribution in [0.3, 0.4) is 0 Å². The van der Waals surface area contributed by atoms with Gasteiger partial charge in [-0.3, -0.25) is 4.57 Å². The first-order valence-electron chi connectivity index (χ1n) is 7.53. The Bertz CT molecular complexity index is 1240. The molecule has 0 amide bonds. The average Bonchev–Trinajstić information content (AvgIpc) is 2.59. The zero-order chi connectivity index (χ0) is 17.6. The largest absolute Gasteiger partial charge is 0.422 e. The number of aromatic nitrogens is 1. The first-order valence-corrected chi connectivity index (χ1v) is 7.53. The molecule has 0 N–H and O–H groups in total. The van der Waals surface area contributed by atoms with Crippen LogP contribution in [0.4, 0.5) is 8.78 Å². The fourth-order valence-corrected chi connectivity index (χ4v) is 2.87. The van der Waals surface area contributed by atoms with Gasteiger partial charge in [-0.25, -0.2) is 18.4 Å². The molecule has 0 spiro atoms. The third-order valence-electron chi connectivity index (χ3n) is 4.12. The van der Waals surface area contributed by atoms with Crippen LogP contribution in [0.15, 0.2) is 68.6 Å². The van der Waals surface area contributed by atoms with Crippen LogP contribution in [0.25, 0.3) is 21.7 Å². The Kier molecular flexibility index (Phi) is 3.46. The molecule has 0 fully saturated rings.